The third-order valence-electron chi connectivity index (χ3n) is 5.91. The fourth-order valence-corrected chi connectivity index (χ4v) is 4.13. The molecule has 4 rings (SSSR count). The van der Waals surface area contributed by atoms with Crippen LogP contribution in [0.2, 0.25) is 10.0 Å². The summed E-state index contributed by atoms with van der Waals surface area (Å²) in [6, 6.07) is 9.59. The topological polar surface area (TPSA) is 68.7 Å². The lowest BCUT2D eigenvalue weighted by Gasteiger charge is -2.36. The smallest absolute Gasteiger partial charge is 0.163 e. The van der Waals surface area contributed by atoms with Crippen LogP contribution in [0.1, 0.15) is 20.3 Å². The van der Waals surface area contributed by atoms with E-state index in [9.17, 15) is 0 Å². The number of morpholine rings is 1. The van der Waals surface area contributed by atoms with Gasteiger partial charge < -0.3 is 19.5 Å². The normalized spacial score (nSPS) is 17.7. The van der Waals surface area contributed by atoms with Gasteiger partial charge in [0, 0.05) is 36.3 Å². The highest BCUT2D eigenvalue weighted by Crippen LogP contribution is 2.35. The predicted molar refractivity (Wildman–Crippen MR) is 132 cm³/mol. The molecule has 0 bridgehead atoms. The van der Waals surface area contributed by atoms with Gasteiger partial charge >= 0.3 is 0 Å². The van der Waals surface area contributed by atoms with Crippen molar-refractivity contribution in [2.24, 2.45) is 0 Å². The zero-order valence-corrected chi connectivity index (χ0v) is 20.5. The van der Waals surface area contributed by atoms with Crippen LogP contribution < -0.4 is 14.8 Å². The molecule has 2 unspecified atom stereocenters. The Bertz CT molecular complexity index is 1110. The number of rotatable bonds is 8. The molecule has 1 aromatic heterocycles. The van der Waals surface area contributed by atoms with Gasteiger partial charge in [-0.15, -0.1) is 0 Å². The molecule has 2 atom stereocenters. The summed E-state index contributed by atoms with van der Waals surface area (Å²) in [7, 11) is 1.62. The van der Waals surface area contributed by atoms with E-state index in [2.05, 4.69) is 34.0 Å². The molecule has 7 nitrogen and oxygen atoms in total. The summed E-state index contributed by atoms with van der Waals surface area (Å²) in [4.78, 5) is 11.3. The maximum Gasteiger partial charge on any atom is 0.163 e. The molecule has 1 fully saturated rings. The zero-order chi connectivity index (χ0) is 23.4. The van der Waals surface area contributed by atoms with Gasteiger partial charge in [0.05, 0.1) is 29.3 Å². The Hall–Kier alpha value is -2.32. The van der Waals surface area contributed by atoms with Crippen molar-refractivity contribution in [3.8, 4) is 11.5 Å². The van der Waals surface area contributed by atoms with Crippen LogP contribution in [-0.2, 0) is 4.74 Å². The van der Waals surface area contributed by atoms with Gasteiger partial charge in [-0.05, 0) is 37.6 Å². The lowest BCUT2D eigenvalue weighted by atomic mass is 10.1. The molecule has 1 N–H and O–H groups in total. The van der Waals surface area contributed by atoms with Crippen LogP contribution in [-0.4, -0.2) is 60.4 Å². The number of anilines is 2. The molecule has 1 aliphatic rings. The first kappa shape index (κ1) is 23.8. The van der Waals surface area contributed by atoms with E-state index in [0.717, 1.165) is 36.1 Å². The fraction of sp³-hybridized carbons (Fsp3) is 0.417. The van der Waals surface area contributed by atoms with Crippen molar-refractivity contribution in [3.63, 3.8) is 0 Å². The van der Waals surface area contributed by atoms with E-state index in [-0.39, 0.29) is 6.10 Å². The number of benzene rings is 2. The molecule has 33 heavy (non-hydrogen) atoms. The molecule has 0 amide bonds. The highest BCUT2D eigenvalue weighted by Gasteiger charge is 2.24. The third kappa shape index (κ3) is 5.61. The number of hydrogen-bond acceptors (Lipinski definition) is 7. The maximum absolute atomic E-state index is 6.15. The van der Waals surface area contributed by atoms with Crippen LogP contribution in [0.4, 0.5) is 11.5 Å². The van der Waals surface area contributed by atoms with Crippen molar-refractivity contribution in [1.82, 2.24) is 14.9 Å². The van der Waals surface area contributed by atoms with Crippen LogP contribution in [0.3, 0.4) is 0 Å². The lowest BCUT2D eigenvalue weighted by Crippen LogP contribution is -2.48. The number of nitrogens with one attached hydrogen (secondary N) is 1. The molecule has 0 aliphatic carbocycles. The molecule has 2 aromatic carbocycles. The molecular weight excluding hydrogens is 463 g/mol. The second-order valence-electron chi connectivity index (χ2n) is 8.05. The first-order chi connectivity index (χ1) is 16.0. The van der Waals surface area contributed by atoms with Gasteiger partial charge in [0.1, 0.15) is 24.9 Å². The number of methoxy groups -OCH3 is 1. The zero-order valence-electron chi connectivity index (χ0n) is 19.0. The number of nitrogens with zero attached hydrogens (tertiary/aromatic N) is 3. The van der Waals surface area contributed by atoms with Gasteiger partial charge in [-0.3, -0.25) is 4.90 Å². The first-order valence-electron chi connectivity index (χ1n) is 11.0. The summed E-state index contributed by atoms with van der Waals surface area (Å²) in [5.74, 6) is 1.85. The van der Waals surface area contributed by atoms with Crippen LogP contribution in [0.15, 0.2) is 36.7 Å². The number of hydrogen-bond donors (Lipinski definition) is 1. The van der Waals surface area contributed by atoms with Crippen molar-refractivity contribution < 1.29 is 14.2 Å². The van der Waals surface area contributed by atoms with E-state index in [1.54, 1.807) is 19.2 Å². The maximum atomic E-state index is 6.15. The number of fused-ring (bicyclic) bond motifs is 1. The second kappa shape index (κ2) is 10.7. The Kier molecular flexibility index (Phi) is 7.75. The summed E-state index contributed by atoms with van der Waals surface area (Å²) in [5.41, 5.74) is 1.50. The molecule has 176 valence electrons. The average molecular weight is 491 g/mol. The quantitative estimate of drug-likeness (QED) is 0.442. The second-order valence-corrected chi connectivity index (χ2v) is 8.87. The Balaban J connectivity index is 1.53. The van der Waals surface area contributed by atoms with Crippen molar-refractivity contribution in [1.29, 1.82) is 0 Å². The SMILES string of the molecule is CCC(C)N1CCOC(COc2cc3ncnc(Nc4ccc(Cl)c(Cl)c4)c3cc2OC)C1. The molecule has 1 saturated heterocycles. The van der Waals surface area contributed by atoms with Gasteiger partial charge in [-0.25, -0.2) is 9.97 Å². The molecule has 2 heterocycles. The van der Waals surface area contributed by atoms with Gasteiger partial charge in [0.15, 0.2) is 11.5 Å². The Morgan fingerprint density at radius 3 is 2.79 bits per heavy atom. The Morgan fingerprint density at radius 2 is 2.03 bits per heavy atom. The highest BCUT2D eigenvalue weighted by molar-refractivity contribution is 6.42. The Labute approximate surface area is 204 Å². The molecule has 0 spiro atoms. The largest absolute Gasteiger partial charge is 0.493 e. The van der Waals surface area contributed by atoms with E-state index < -0.39 is 0 Å². The minimum Gasteiger partial charge on any atom is -0.493 e. The molecule has 1 aliphatic heterocycles. The van der Waals surface area contributed by atoms with Gasteiger partial charge in [-0.1, -0.05) is 30.1 Å². The van der Waals surface area contributed by atoms with Crippen LogP contribution in [0.25, 0.3) is 10.9 Å². The van der Waals surface area contributed by atoms with Gasteiger partial charge in [-0.2, -0.15) is 0 Å². The van der Waals surface area contributed by atoms with Gasteiger partial charge in [0.25, 0.3) is 0 Å². The number of aromatic nitrogens is 2. The lowest BCUT2D eigenvalue weighted by molar-refractivity contribution is -0.0589. The van der Waals surface area contributed by atoms with E-state index in [1.807, 2.05) is 18.2 Å². The number of ether oxygens (including phenoxy) is 3. The fourth-order valence-electron chi connectivity index (χ4n) is 3.83. The molecule has 9 heteroatoms. The third-order valence-corrected chi connectivity index (χ3v) is 6.65. The molecule has 3 aromatic rings. The number of halogens is 2. The standard InChI is InChI=1S/C24H28Cl2N4O3/c1-4-15(2)30-7-8-32-17(12-30)13-33-23-11-21-18(10-22(23)31-3)24(28-14-27-21)29-16-5-6-19(25)20(26)9-16/h5-6,9-11,14-15,17H,4,7-8,12-13H2,1-3H3,(H,27,28,29). The molecule has 0 saturated carbocycles. The van der Waals surface area contributed by atoms with Crippen molar-refractivity contribution >= 4 is 45.6 Å². The average Bonchev–Trinajstić information content (AvgIpc) is 2.84. The van der Waals surface area contributed by atoms with Crippen LogP contribution in [0.5, 0.6) is 11.5 Å². The Morgan fingerprint density at radius 1 is 1.18 bits per heavy atom. The first-order valence-corrected chi connectivity index (χ1v) is 11.8. The monoisotopic (exact) mass is 490 g/mol. The summed E-state index contributed by atoms with van der Waals surface area (Å²) >= 11 is 12.2. The van der Waals surface area contributed by atoms with E-state index in [1.165, 1.54) is 6.33 Å². The summed E-state index contributed by atoms with van der Waals surface area (Å²) < 4.78 is 17.7. The minimum absolute atomic E-state index is 0.00503. The van der Waals surface area contributed by atoms with Crippen molar-refractivity contribution in [2.45, 2.75) is 32.4 Å². The van der Waals surface area contributed by atoms with Crippen molar-refractivity contribution in [2.75, 3.05) is 38.7 Å². The molecular formula is C24H28Cl2N4O3. The minimum atomic E-state index is 0.00503. The highest BCUT2D eigenvalue weighted by atomic mass is 35.5. The van der Waals surface area contributed by atoms with Crippen LogP contribution >= 0.6 is 23.2 Å². The predicted octanol–water partition coefficient (Wildman–Crippen LogP) is 5.57. The summed E-state index contributed by atoms with van der Waals surface area (Å²) in [6.45, 7) is 7.41. The van der Waals surface area contributed by atoms with E-state index >= 15 is 0 Å². The summed E-state index contributed by atoms with van der Waals surface area (Å²) in [6.07, 6.45) is 2.63. The molecule has 0 radical (unpaired) electrons. The van der Waals surface area contributed by atoms with E-state index in [4.69, 9.17) is 37.4 Å². The summed E-state index contributed by atoms with van der Waals surface area (Å²) in [5, 5.41) is 5.03. The van der Waals surface area contributed by atoms with E-state index in [0.29, 0.717) is 46.6 Å². The van der Waals surface area contributed by atoms with Crippen molar-refractivity contribution in [3.05, 3.63) is 46.7 Å². The van der Waals surface area contributed by atoms with Gasteiger partial charge in [0.2, 0.25) is 0 Å². The van der Waals surface area contributed by atoms with Crippen LogP contribution in [0, 0.1) is 0 Å².